The van der Waals surface area contributed by atoms with Gasteiger partial charge in [0, 0.05) is 12.6 Å². The van der Waals surface area contributed by atoms with Crippen molar-refractivity contribution in [2.75, 3.05) is 19.7 Å². The quantitative estimate of drug-likeness (QED) is 0.836. The molecule has 120 valence electrons. The van der Waals surface area contributed by atoms with Crippen LogP contribution in [0.2, 0.25) is 0 Å². The summed E-state index contributed by atoms with van der Waals surface area (Å²) >= 11 is 0. The Balaban J connectivity index is 0.00000220. The zero-order chi connectivity index (χ0) is 14.2. The molecule has 1 saturated heterocycles. The highest BCUT2D eigenvalue weighted by atomic mass is 35.5. The minimum absolute atomic E-state index is 0. The highest BCUT2D eigenvalue weighted by Crippen LogP contribution is 2.23. The van der Waals surface area contributed by atoms with Crippen LogP contribution in [0.1, 0.15) is 44.6 Å². The van der Waals surface area contributed by atoms with Crippen LogP contribution in [0.3, 0.4) is 0 Å². The Morgan fingerprint density at radius 3 is 2.95 bits per heavy atom. The van der Waals surface area contributed by atoms with E-state index < -0.39 is 0 Å². The lowest BCUT2D eigenvalue weighted by atomic mass is 9.98. The Hall–Kier alpha value is -0.770. The van der Waals surface area contributed by atoms with Gasteiger partial charge in [0.2, 0.25) is 0 Å². The molecule has 3 nitrogen and oxygen atoms in total. The monoisotopic (exact) mass is 312 g/mol. The molecule has 21 heavy (non-hydrogen) atoms. The zero-order valence-electron chi connectivity index (χ0n) is 13.1. The molecule has 1 aliphatic rings. The van der Waals surface area contributed by atoms with E-state index in [4.69, 9.17) is 10.5 Å². The molecule has 4 heteroatoms. The van der Waals surface area contributed by atoms with Gasteiger partial charge in [-0.25, -0.2) is 0 Å². The van der Waals surface area contributed by atoms with Gasteiger partial charge in [-0.3, -0.25) is 4.90 Å². The largest absolute Gasteiger partial charge is 0.494 e. The molecule has 0 saturated carbocycles. The number of nitrogens with zero attached hydrogens (tertiary/aromatic N) is 1. The number of nitrogens with two attached hydrogens (primary N) is 1. The van der Waals surface area contributed by atoms with Gasteiger partial charge in [-0.05, 0) is 56.5 Å². The minimum atomic E-state index is 0. The summed E-state index contributed by atoms with van der Waals surface area (Å²) in [6, 6.07) is 9.19. The van der Waals surface area contributed by atoms with E-state index in [1.54, 1.807) is 0 Å². The third kappa shape index (κ3) is 5.85. The van der Waals surface area contributed by atoms with Gasteiger partial charge in [-0.15, -0.1) is 12.4 Å². The second-order valence-corrected chi connectivity index (χ2v) is 5.69. The van der Waals surface area contributed by atoms with Gasteiger partial charge in [0.25, 0.3) is 0 Å². The fourth-order valence-corrected chi connectivity index (χ4v) is 2.98. The van der Waals surface area contributed by atoms with Crippen molar-refractivity contribution in [3.8, 4) is 5.75 Å². The molecule has 1 fully saturated rings. The van der Waals surface area contributed by atoms with Crippen molar-refractivity contribution in [3.63, 3.8) is 0 Å². The average Bonchev–Trinajstić information content (AvgIpc) is 2.48. The van der Waals surface area contributed by atoms with E-state index in [2.05, 4.69) is 30.0 Å². The molecule has 0 amide bonds. The van der Waals surface area contributed by atoms with Crippen LogP contribution in [-0.4, -0.2) is 30.6 Å². The number of hydrogen-bond acceptors (Lipinski definition) is 3. The van der Waals surface area contributed by atoms with Crippen LogP contribution in [0.4, 0.5) is 0 Å². The molecule has 1 atom stereocenters. The van der Waals surface area contributed by atoms with Crippen molar-refractivity contribution in [2.45, 2.75) is 51.6 Å². The zero-order valence-corrected chi connectivity index (χ0v) is 13.9. The first-order chi connectivity index (χ1) is 9.83. The Morgan fingerprint density at radius 1 is 1.33 bits per heavy atom. The van der Waals surface area contributed by atoms with Crippen molar-refractivity contribution in [3.05, 3.63) is 29.8 Å². The van der Waals surface area contributed by atoms with Gasteiger partial charge in [0.05, 0.1) is 6.61 Å². The number of piperidine rings is 1. The van der Waals surface area contributed by atoms with Crippen molar-refractivity contribution in [1.29, 1.82) is 0 Å². The van der Waals surface area contributed by atoms with Crippen LogP contribution in [0.15, 0.2) is 24.3 Å². The molecule has 0 aromatic heterocycles. The smallest absolute Gasteiger partial charge is 0.119 e. The highest BCUT2D eigenvalue weighted by Gasteiger charge is 2.21. The lowest BCUT2D eigenvalue weighted by Crippen LogP contribution is -2.40. The van der Waals surface area contributed by atoms with Gasteiger partial charge in [0.1, 0.15) is 5.75 Å². The molecule has 1 aliphatic heterocycles. The Kier molecular flexibility index (Phi) is 8.74. The summed E-state index contributed by atoms with van der Waals surface area (Å²) in [7, 11) is 0. The van der Waals surface area contributed by atoms with Crippen LogP contribution in [0, 0.1) is 0 Å². The highest BCUT2D eigenvalue weighted by molar-refractivity contribution is 5.85. The van der Waals surface area contributed by atoms with Crippen molar-refractivity contribution in [1.82, 2.24) is 4.90 Å². The average molecular weight is 313 g/mol. The van der Waals surface area contributed by atoms with Crippen LogP contribution in [-0.2, 0) is 6.54 Å². The van der Waals surface area contributed by atoms with E-state index in [-0.39, 0.29) is 12.4 Å². The molecule has 1 aromatic rings. The molecule has 0 aliphatic carbocycles. The summed E-state index contributed by atoms with van der Waals surface area (Å²) < 4.78 is 5.72. The number of rotatable bonds is 7. The number of likely N-dealkylation sites (tertiary alicyclic amines) is 1. The maximum Gasteiger partial charge on any atom is 0.119 e. The van der Waals surface area contributed by atoms with Crippen molar-refractivity contribution >= 4 is 12.4 Å². The topological polar surface area (TPSA) is 38.5 Å². The summed E-state index contributed by atoms with van der Waals surface area (Å²) in [5, 5.41) is 0. The summed E-state index contributed by atoms with van der Waals surface area (Å²) in [6.45, 7) is 5.94. The molecule has 1 aromatic carbocycles. The van der Waals surface area contributed by atoms with Gasteiger partial charge in [-0.1, -0.05) is 25.5 Å². The molecular formula is C17H29ClN2O. The van der Waals surface area contributed by atoms with Gasteiger partial charge < -0.3 is 10.5 Å². The summed E-state index contributed by atoms with van der Waals surface area (Å²) in [6.07, 6.45) is 6.12. The van der Waals surface area contributed by atoms with Gasteiger partial charge in [0.15, 0.2) is 0 Å². The van der Waals surface area contributed by atoms with E-state index in [0.29, 0.717) is 6.04 Å². The Bertz CT molecular complexity index is 398. The fraction of sp³-hybridized carbons (Fsp3) is 0.647. The molecule has 0 radical (unpaired) electrons. The molecule has 1 unspecified atom stereocenters. The third-order valence-corrected chi connectivity index (χ3v) is 4.01. The van der Waals surface area contributed by atoms with Crippen LogP contribution in [0.5, 0.6) is 5.75 Å². The lowest BCUT2D eigenvalue weighted by Gasteiger charge is -2.35. The first-order valence-corrected chi connectivity index (χ1v) is 7.99. The van der Waals surface area contributed by atoms with E-state index in [1.165, 1.54) is 31.4 Å². The first-order valence-electron chi connectivity index (χ1n) is 7.99. The number of hydrogen-bond donors (Lipinski definition) is 1. The number of halogens is 1. The van der Waals surface area contributed by atoms with E-state index in [9.17, 15) is 0 Å². The Morgan fingerprint density at radius 2 is 2.19 bits per heavy atom. The predicted octanol–water partition coefficient (Wildman–Crippen LogP) is 3.60. The predicted molar refractivity (Wildman–Crippen MR) is 91.2 cm³/mol. The fourth-order valence-electron chi connectivity index (χ4n) is 2.98. The minimum Gasteiger partial charge on any atom is -0.494 e. The molecule has 1 heterocycles. The second kappa shape index (κ2) is 10.0. The molecule has 0 spiro atoms. The summed E-state index contributed by atoms with van der Waals surface area (Å²) in [4.78, 5) is 2.59. The molecular weight excluding hydrogens is 284 g/mol. The molecule has 0 bridgehead atoms. The SMILES string of the molecule is CCCOc1cccc(CN2CCCCC2CCN)c1.Cl. The van der Waals surface area contributed by atoms with Gasteiger partial charge >= 0.3 is 0 Å². The van der Waals surface area contributed by atoms with Crippen molar-refractivity contribution < 1.29 is 4.74 Å². The molecule has 2 rings (SSSR count). The third-order valence-electron chi connectivity index (χ3n) is 4.01. The normalized spacial score (nSPS) is 19.0. The van der Waals surface area contributed by atoms with E-state index in [1.807, 2.05) is 6.07 Å². The lowest BCUT2D eigenvalue weighted by molar-refractivity contribution is 0.134. The van der Waals surface area contributed by atoms with E-state index in [0.717, 1.165) is 38.3 Å². The van der Waals surface area contributed by atoms with Crippen LogP contribution < -0.4 is 10.5 Å². The Labute approximate surface area is 135 Å². The van der Waals surface area contributed by atoms with Crippen molar-refractivity contribution in [2.24, 2.45) is 5.73 Å². The second-order valence-electron chi connectivity index (χ2n) is 5.69. The van der Waals surface area contributed by atoms with Crippen LogP contribution >= 0.6 is 12.4 Å². The number of ether oxygens (including phenoxy) is 1. The number of benzene rings is 1. The standard InChI is InChI=1S/C17H28N2O.ClH/c1-2-12-20-17-8-5-6-15(13-17)14-19-11-4-3-7-16(19)9-10-18;/h5-6,8,13,16H,2-4,7,9-12,14,18H2,1H3;1H. The maximum absolute atomic E-state index is 5.75. The van der Waals surface area contributed by atoms with E-state index >= 15 is 0 Å². The first kappa shape index (κ1) is 18.3. The van der Waals surface area contributed by atoms with Gasteiger partial charge in [-0.2, -0.15) is 0 Å². The summed E-state index contributed by atoms with van der Waals surface area (Å²) in [5.41, 5.74) is 7.10. The van der Waals surface area contributed by atoms with Crippen LogP contribution in [0.25, 0.3) is 0 Å². The maximum atomic E-state index is 5.75. The molecule has 2 N–H and O–H groups in total. The summed E-state index contributed by atoms with van der Waals surface area (Å²) in [5.74, 6) is 0.997.